The zero-order valence-corrected chi connectivity index (χ0v) is 18.2. The number of likely N-dealkylation sites (tertiary alicyclic amines) is 1. The van der Waals surface area contributed by atoms with Crippen LogP contribution in [0.5, 0.6) is 0 Å². The first kappa shape index (κ1) is 24.1. The Bertz CT molecular complexity index is 923. The molecule has 1 aromatic carbocycles. The normalized spacial score (nSPS) is 21.9. The number of ether oxygens (including phenoxy) is 1. The Morgan fingerprint density at radius 1 is 1.28 bits per heavy atom. The van der Waals surface area contributed by atoms with E-state index in [1.165, 1.54) is 0 Å². The molecule has 0 bridgehead atoms. The zero-order chi connectivity index (χ0) is 23.3. The highest BCUT2D eigenvalue weighted by Gasteiger charge is 2.40. The summed E-state index contributed by atoms with van der Waals surface area (Å²) in [6.45, 7) is 5.81. The zero-order valence-electron chi connectivity index (χ0n) is 17.4. The molecule has 0 spiro atoms. The van der Waals surface area contributed by atoms with Gasteiger partial charge in [0.05, 0.1) is 25.2 Å². The van der Waals surface area contributed by atoms with E-state index >= 15 is 0 Å². The van der Waals surface area contributed by atoms with Gasteiger partial charge >= 0.3 is 12.1 Å². The first-order chi connectivity index (χ1) is 15.1. The van der Waals surface area contributed by atoms with Gasteiger partial charge in [-0.15, -0.1) is 11.3 Å². The summed E-state index contributed by atoms with van der Waals surface area (Å²) in [4.78, 5) is 30.8. The van der Waals surface area contributed by atoms with Crippen molar-refractivity contribution < 1.29 is 32.6 Å². The number of para-hydroxylation sites is 1. The topological polar surface area (TPSA) is 83.0 Å². The van der Waals surface area contributed by atoms with Gasteiger partial charge in [-0.1, -0.05) is 18.2 Å². The van der Waals surface area contributed by atoms with Gasteiger partial charge in [0.15, 0.2) is 0 Å². The number of carbonyl (C=O) groups excluding carboxylic acids is 1. The number of amides is 1. The molecule has 0 radical (unpaired) electrons. The van der Waals surface area contributed by atoms with Crippen LogP contribution in [-0.2, 0) is 20.9 Å². The number of piperidine rings is 1. The Labute approximate surface area is 187 Å². The molecule has 3 heterocycles. The molecule has 7 nitrogen and oxygen atoms in total. The predicted molar refractivity (Wildman–Crippen MR) is 112 cm³/mol. The molecular formula is C21H24F3N3O4S. The monoisotopic (exact) mass is 471 g/mol. The molecule has 2 saturated heterocycles. The van der Waals surface area contributed by atoms with Gasteiger partial charge in [0.2, 0.25) is 5.91 Å². The third kappa shape index (κ3) is 6.27. The number of hydrogen-bond acceptors (Lipinski definition) is 6. The number of aromatic nitrogens is 1. The minimum absolute atomic E-state index is 0.0176. The lowest BCUT2D eigenvalue weighted by atomic mass is 9.92. The maximum Gasteiger partial charge on any atom is 0.490 e. The molecule has 0 unspecified atom stereocenters. The summed E-state index contributed by atoms with van der Waals surface area (Å²) in [5, 5.41) is 10.4. The molecular weight excluding hydrogens is 447 g/mol. The number of nitrogens with zero attached hydrogens (tertiary/aromatic N) is 3. The van der Waals surface area contributed by atoms with Crippen molar-refractivity contribution in [3.63, 3.8) is 0 Å². The number of hydrogen-bond donors (Lipinski definition) is 1. The van der Waals surface area contributed by atoms with E-state index in [0.29, 0.717) is 13.2 Å². The molecule has 174 valence electrons. The van der Waals surface area contributed by atoms with Crippen LogP contribution in [0.4, 0.5) is 18.9 Å². The second kappa shape index (κ2) is 10.4. The second-order valence-electron chi connectivity index (χ2n) is 7.55. The van der Waals surface area contributed by atoms with E-state index < -0.39 is 12.1 Å². The summed E-state index contributed by atoms with van der Waals surface area (Å²) >= 11 is 1.71. The lowest BCUT2D eigenvalue weighted by Crippen LogP contribution is -2.49. The molecule has 0 saturated carbocycles. The van der Waals surface area contributed by atoms with Crippen molar-refractivity contribution in [2.45, 2.75) is 32.2 Å². The highest BCUT2D eigenvalue weighted by Crippen LogP contribution is 2.29. The average Bonchev–Trinajstić information content (AvgIpc) is 3.08. The molecule has 2 aliphatic rings. The number of aryl methyl sites for hydroxylation is 1. The first-order valence-corrected chi connectivity index (χ1v) is 10.9. The minimum atomic E-state index is -5.08. The first-order valence-electron chi connectivity index (χ1n) is 10.1. The number of aliphatic carboxylic acids is 1. The van der Waals surface area contributed by atoms with Crippen LogP contribution in [0.15, 0.2) is 35.7 Å². The summed E-state index contributed by atoms with van der Waals surface area (Å²) in [5.41, 5.74) is 2.05. The number of thiazole rings is 1. The number of anilines is 1. The number of alkyl halides is 3. The van der Waals surface area contributed by atoms with Crippen molar-refractivity contribution in [1.82, 2.24) is 9.88 Å². The molecule has 11 heteroatoms. The summed E-state index contributed by atoms with van der Waals surface area (Å²) in [5.74, 6) is -2.59. The Morgan fingerprint density at radius 3 is 2.56 bits per heavy atom. The largest absolute Gasteiger partial charge is 0.490 e. The lowest BCUT2D eigenvalue weighted by Gasteiger charge is -2.36. The van der Waals surface area contributed by atoms with Gasteiger partial charge in [-0.05, 0) is 32.0 Å². The Morgan fingerprint density at radius 2 is 1.97 bits per heavy atom. The molecule has 32 heavy (non-hydrogen) atoms. The van der Waals surface area contributed by atoms with E-state index in [0.717, 1.165) is 42.4 Å². The number of carboxylic acids is 1. The quantitative estimate of drug-likeness (QED) is 0.740. The van der Waals surface area contributed by atoms with E-state index in [1.54, 1.807) is 11.3 Å². The van der Waals surface area contributed by atoms with Crippen LogP contribution in [0.2, 0.25) is 0 Å². The Balaban J connectivity index is 0.000000360. The predicted octanol–water partition coefficient (Wildman–Crippen LogP) is 3.34. The Hall–Kier alpha value is -2.50. The smallest absolute Gasteiger partial charge is 0.475 e. The molecule has 1 amide bonds. The number of carboxylic acid groups (broad SMARTS) is 1. The van der Waals surface area contributed by atoms with Crippen molar-refractivity contribution >= 4 is 28.9 Å². The third-order valence-corrected chi connectivity index (χ3v) is 6.16. The fourth-order valence-corrected chi connectivity index (χ4v) is 4.53. The molecule has 0 aliphatic carbocycles. The average molecular weight is 472 g/mol. The third-order valence-electron chi connectivity index (χ3n) is 5.21. The summed E-state index contributed by atoms with van der Waals surface area (Å²) in [7, 11) is 0. The number of benzene rings is 1. The fourth-order valence-electron chi connectivity index (χ4n) is 3.71. The number of halogens is 3. The van der Waals surface area contributed by atoms with Gasteiger partial charge in [0.1, 0.15) is 5.01 Å². The molecule has 2 aliphatic heterocycles. The summed E-state index contributed by atoms with van der Waals surface area (Å²) in [6, 6.07) is 9.93. The van der Waals surface area contributed by atoms with E-state index in [4.69, 9.17) is 14.6 Å². The van der Waals surface area contributed by atoms with Crippen molar-refractivity contribution in [1.29, 1.82) is 0 Å². The van der Waals surface area contributed by atoms with Crippen LogP contribution in [0.3, 0.4) is 0 Å². The maximum atomic E-state index is 13.1. The van der Waals surface area contributed by atoms with Gasteiger partial charge in [-0.25, -0.2) is 9.78 Å². The molecule has 1 N–H and O–H groups in total. The number of carbonyl (C=O) groups is 2. The Kier molecular flexibility index (Phi) is 7.86. The molecule has 2 aromatic rings. The second-order valence-corrected chi connectivity index (χ2v) is 8.49. The van der Waals surface area contributed by atoms with Crippen molar-refractivity contribution in [2.75, 3.05) is 31.1 Å². The van der Waals surface area contributed by atoms with E-state index in [1.807, 2.05) is 42.2 Å². The van der Waals surface area contributed by atoms with Crippen molar-refractivity contribution in [3.8, 4) is 0 Å². The fraction of sp³-hybridized carbons (Fsp3) is 0.476. The summed E-state index contributed by atoms with van der Waals surface area (Å²) in [6.07, 6.45) is -4.26. The van der Waals surface area contributed by atoms with E-state index in [2.05, 4.69) is 15.3 Å². The number of fused-ring (bicyclic) bond motifs is 1. The van der Waals surface area contributed by atoms with E-state index in [9.17, 15) is 18.0 Å². The lowest BCUT2D eigenvalue weighted by molar-refractivity contribution is -0.192. The van der Waals surface area contributed by atoms with Gasteiger partial charge in [-0.2, -0.15) is 13.2 Å². The van der Waals surface area contributed by atoms with Crippen LogP contribution in [0.25, 0.3) is 0 Å². The molecule has 2 fully saturated rings. The van der Waals surface area contributed by atoms with Crippen LogP contribution < -0.4 is 4.90 Å². The molecule has 4 rings (SSSR count). The van der Waals surface area contributed by atoms with E-state index in [-0.39, 0.29) is 17.9 Å². The van der Waals surface area contributed by atoms with Crippen LogP contribution in [-0.4, -0.2) is 65.4 Å². The van der Waals surface area contributed by atoms with Crippen molar-refractivity contribution in [2.24, 2.45) is 5.92 Å². The summed E-state index contributed by atoms with van der Waals surface area (Å²) < 4.78 is 37.8. The van der Waals surface area contributed by atoms with Gasteiger partial charge in [0, 0.05) is 29.9 Å². The van der Waals surface area contributed by atoms with Crippen LogP contribution in [0, 0.1) is 12.8 Å². The SMILES string of the molecule is Cc1csc(CN2CC[C@H]3C(=O)N(c4ccccc4)CCO[C@H]3C2)n1.O=C(O)C(F)(F)F. The van der Waals surface area contributed by atoms with Crippen LogP contribution in [0.1, 0.15) is 17.1 Å². The van der Waals surface area contributed by atoms with Crippen molar-refractivity contribution in [3.05, 3.63) is 46.4 Å². The molecule has 2 atom stereocenters. The van der Waals surface area contributed by atoms with Gasteiger partial charge < -0.3 is 14.7 Å². The van der Waals surface area contributed by atoms with Gasteiger partial charge in [0.25, 0.3) is 0 Å². The standard InChI is InChI=1S/C19H23N3O2S.C2HF3O2/c1-14-13-25-18(20-14)12-21-8-7-16-17(11-21)24-10-9-22(19(16)23)15-5-3-2-4-6-15;3-2(4,5)1(6)7/h2-6,13,16-17H,7-12H2,1H3;(H,6,7)/t16-,17+;/m1./s1. The van der Waals surface area contributed by atoms with Crippen LogP contribution >= 0.6 is 11.3 Å². The maximum absolute atomic E-state index is 13.1. The molecule has 1 aromatic heterocycles. The highest BCUT2D eigenvalue weighted by molar-refractivity contribution is 7.09. The number of rotatable bonds is 3. The van der Waals surface area contributed by atoms with Gasteiger partial charge in [-0.3, -0.25) is 9.69 Å². The highest BCUT2D eigenvalue weighted by atomic mass is 32.1. The minimum Gasteiger partial charge on any atom is -0.475 e.